The summed E-state index contributed by atoms with van der Waals surface area (Å²) in [6, 6.07) is 5.89. The van der Waals surface area contributed by atoms with E-state index in [1.807, 2.05) is 18.2 Å². The molecule has 2 rings (SSSR count). The number of rotatable bonds is 2. The molecule has 0 saturated carbocycles. The van der Waals surface area contributed by atoms with Crippen LogP contribution in [0.5, 0.6) is 0 Å². The maximum Gasteiger partial charge on any atom is 0.0696 e. The van der Waals surface area contributed by atoms with E-state index >= 15 is 0 Å². The largest absolute Gasteiger partial charge is 0.392 e. The Morgan fingerprint density at radius 2 is 2.33 bits per heavy atom. The van der Waals surface area contributed by atoms with Crippen molar-refractivity contribution < 1.29 is 5.11 Å². The van der Waals surface area contributed by atoms with Crippen molar-refractivity contribution in [2.45, 2.75) is 20.0 Å². The molecule has 1 atom stereocenters. The first kappa shape index (κ1) is 10.8. The van der Waals surface area contributed by atoms with E-state index in [2.05, 4.69) is 11.8 Å². The third-order valence-corrected chi connectivity index (χ3v) is 3.35. The van der Waals surface area contributed by atoms with Crippen molar-refractivity contribution in [2.24, 2.45) is 5.92 Å². The van der Waals surface area contributed by atoms with E-state index in [0.29, 0.717) is 5.02 Å². The van der Waals surface area contributed by atoms with Crippen molar-refractivity contribution in [2.75, 3.05) is 18.0 Å². The normalized spacial score (nSPS) is 21.0. The van der Waals surface area contributed by atoms with Crippen LogP contribution in [0.2, 0.25) is 5.02 Å². The first-order chi connectivity index (χ1) is 7.20. The van der Waals surface area contributed by atoms with Gasteiger partial charge in [0.25, 0.3) is 0 Å². The fraction of sp³-hybridized carbons (Fsp3) is 0.500. The van der Waals surface area contributed by atoms with Gasteiger partial charge in [0.05, 0.1) is 6.61 Å². The van der Waals surface area contributed by atoms with Gasteiger partial charge < -0.3 is 10.0 Å². The molecule has 1 N–H and O–H groups in total. The molecule has 3 heteroatoms. The third kappa shape index (κ3) is 2.27. The lowest BCUT2D eigenvalue weighted by molar-refractivity contribution is 0.282. The van der Waals surface area contributed by atoms with Crippen LogP contribution in [-0.2, 0) is 6.61 Å². The van der Waals surface area contributed by atoms with Gasteiger partial charge in [0, 0.05) is 23.8 Å². The first-order valence-electron chi connectivity index (χ1n) is 5.35. The lowest BCUT2D eigenvalue weighted by Crippen LogP contribution is -2.18. The standard InChI is InChI=1S/C12H16ClNO/c1-9-4-5-14(7-9)11-3-2-10(8-15)12(13)6-11/h2-3,6,9,15H,4-5,7-8H2,1H3. The number of aliphatic hydroxyl groups is 1. The number of hydrogen-bond donors (Lipinski definition) is 1. The summed E-state index contributed by atoms with van der Waals surface area (Å²) in [6.45, 7) is 4.49. The Kier molecular flexibility index (Phi) is 3.17. The molecule has 1 unspecified atom stereocenters. The molecule has 1 aliphatic heterocycles. The average molecular weight is 226 g/mol. The topological polar surface area (TPSA) is 23.5 Å². The number of nitrogens with zero attached hydrogens (tertiary/aromatic N) is 1. The summed E-state index contributed by atoms with van der Waals surface area (Å²) in [4.78, 5) is 2.34. The van der Waals surface area contributed by atoms with Crippen molar-refractivity contribution in [1.82, 2.24) is 0 Å². The predicted molar refractivity (Wildman–Crippen MR) is 63.4 cm³/mol. The van der Waals surface area contributed by atoms with E-state index in [1.165, 1.54) is 12.1 Å². The highest BCUT2D eigenvalue weighted by atomic mass is 35.5. The quantitative estimate of drug-likeness (QED) is 0.837. The molecule has 0 aromatic heterocycles. The van der Waals surface area contributed by atoms with E-state index < -0.39 is 0 Å². The van der Waals surface area contributed by atoms with Gasteiger partial charge in [0.1, 0.15) is 0 Å². The van der Waals surface area contributed by atoms with Crippen molar-refractivity contribution in [3.8, 4) is 0 Å². The van der Waals surface area contributed by atoms with Crippen molar-refractivity contribution >= 4 is 17.3 Å². The highest BCUT2D eigenvalue weighted by molar-refractivity contribution is 6.31. The van der Waals surface area contributed by atoms with Crippen LogP contribution in [0.15, 0.2) is 18.2 Å². The lowest BCUT2D eigenvalue weighted by atomic mass is 10.2. The molecule has 0 amide bonds. The van der Waals surface area contributed by atoms with Crippen LogP contribution < -0.4 is 4.90 Å². The Labute approximate surface area is 95.5 Å². The molecule has 0 radical (unpaired) electrons. The second kappa shape index (κ2) is 4.42. The summed E-state index contributed by atoms with van der Waals surface area (Å²) >= 11 is 6.06. The molecular weight excluding hydrogens is 210 g/mol. The van der Waals surface area contributed by atoms with E-state index in [1.54, 1.807) is 0 Å². The van der Waals surface area contributed by atoms with Gasteiger partial charge in [0.2, 0.25) is 0 Å². The molecule has 2 nitrogen and oxygen atoms in total. The van der Waals surface area contributed by atoms with E-state index in [4.69, 9.17) is 16.7 Å². The van der Waals surface area contributed by atoms with Crippen LogP contribution in [0.3, 0.4) is 0 Å². The third-order valence-electron chi connectivity index (χ3n) is 3.00. The summed E-state index contributed by atoms with van der Waals surface area (Å²) in [7, 11) is 0. The average Bonchev–Trinajstić information content (AvgIpc) is 2.65. The van der Waals surface area contributed by atoms with Gasteiger partial charge >= 0.3 is 0 Å². The molecule has 0 aliphatic carbocycles. The summed E-state index contributed by atoms with van der Waals surface area (Å²) in [5, 5.41) is 9.68. The predicted octanol–water partition coefficient (Wildman–Crippen LogP) is 2.68. The van der Waals surface area contributed by atoms with Gasteiger partial charge in [-0.3, -0.25) is 0 Å². The van der Waals surface area contributed by atoms with Crippen LogP contribution in [0.1, 0.15) is 18.9 Å². The zero-order valence-electron chi connectivity index (χ0n) is 8.91. The SMILES string of the molecule is CC1CCN(c2ccc(CO)c(Cl)c2)C1. The molecule has 15 heavy (non-hydrogen) atoms. The van der Waals surface area contributed by atoms with Gasteiger partial charge in [-0.05, 0) is 30.0 Å². The van der Waals surface area contributed by atoms with Crippen molar-refractivity contribution in [1.29, 1.82) is 0 Å². The minimum atomic E-state index is 0.00944. The highest BCUT2D eigenvalue weighted by Gasteiger charge is 2.19. The van der Waals surface area contributed by atoms with Crippen molar-refractivity contribution in [3.05, 3.63) is 28.8 Å². The van der Waals surface area contributed by atoms with Gasteiger partial charge in [-0.25, -0.2) is 0 Å². The zero-order valence-corrected chi connectivity index (χ0v) is 9.67. The molecule has 82 valence electrons. The highest BCUT2D eigenvalue weighted by Crippen LogP contribution is 2.27. The van der Waals surface area contributed by atoms with E-state index in [9.17, 15) is 0 Å². The van der Waals surface area contributed by atoms with Crippen LogP contribution in [0.25, 0.3) is 0 Å². The maximum absolute atomic E-state index is 9.02. The van der Waals surface area contributed by atoms with E-state index in [0.717, 1.165) is 24.6 Å². The Morgan fingerprint density at radius 3 is 2.87 bits per heavy atom. The molecule has 0 spiro atoms. The Balaban J connectivity index is 2.19. The fourth-order valence-electron chi connectivity index (χ4n) is 2.03. The first-order valence-corrected chi connectivity index (χ1v) is 5.72. The van der Waals surface area contributed by atoms with Crippen LogP contribution in [-0.4, -0.2) is 18.2 Å². The maximum atomic E-state index is 9.02. The summed E-state index contributed by atoms with van der Waals surface area (Å²) in [5.41, 5.74) is 1.97. The number of benzene rings is 1. The van der Waals surface area contributed by atoms with Crippen LogP contribution in [0.4, 0.5) is 5.69 Å². The van der Waals surface area contributed by atoms with Crippen LogP contribution >= 0.6 is 11.6 Å². The fourth-order valence-corrected chi connectivity index (χ4v) is 2.27. The van der Waals surface area contributed by atoms with Gasteiger partial charge in [0.15, 0.2) is 0 Å². The minimum absolute atomic E-state index is 0.00944. The molecule has 1 heterocycles. The molecule has 1 saturated heterocycles. The number of anilines is 1. The molecule has 0 bridgehead atoms. The number of halogens is 1. The van der Waals surface area contributed by atoms with Gasteiger partial charge in [-0.2, -0.15) is 0 Å². The smallest absolute Gasteiger partial charge is 0.0696 e. The van der Waals surface area contributed by atoms with Crippen molar-refractivity contribution in [3.63, 3.8) is 0 Å². The summed E-state index contributed by atoms with van der Waals surface area (Å²) in [5.74, 6) is 0.765. The monoisotopic (exact) mass is 225 g/mol. The molecule has 1 fully saturated rings. The Morgan fingerprint density at radius 1 is 1.53 bits per heavy atom. The summed E-state index contributed by atoms with van der Waals surface area (Å²) in [6.07, 6.45) is 1.25. The van der Waals surface area contributed by atoms with Gasteiger partial charge in [-0.15, -0.1) is 0 Å². The molecule has 1 aromatic carbocycles. The number of hydrogen-bond acceptors (Lipinski definition) is 2. The van der Waals surface area contributed by atoms with E-state index in [-0.39, 0.29) is 6.61 Å². The van der Waals surface area contributed by atoms with Gasteiger partial charge in [-0.1, -0.05) is 24.6 Å². The number of aliphatic hydroxyl groups excluding tert-OH is 1. The lowest BCUT2D eigenvalue weighted by Gasteiger charge is -2.19. The van der Waals surface area contributed by atoms with Crippen LogP contribution in [0, 0.1) is 5.92 Å². The Bertz CT molecular complexity index is 353. The molecule has 1 aliphatic rings. The zero-order chi connectivity index (χ0) is 10.8. The Hall–Kier alpha value is -0.730. The summed E-state index contributed by atoms with van der Waals surface area (Å²) < 4.78 is 0. The molecule has 1 aromatic rings. The second-order valence-electron chi connectivity index (χ2n) is 4.27. The minimum Gasteiger partial charge on any atom is -0.392 e. The molecular formula is C12H16ClNO. The second-order valence-corrected chi connectivity index (χ2v) is 4.68.